The van der Waals surface area contributed by atoms with Gasteiger partial charge in [0.05, 0.1) is 26.3 Å². The Morgan fingerprint density at radius 2 is 2.00 bits per heavy atom. The largest absolute Gasteiger partial charge is 0.497 e. The molecule has 4 nitrogen and oxygen atoms in total. The molecular weight excluding hydrogens is 326 g/mol. The maximum Gasteiger partial charge on any atom is 0.228 e. The van der Waals surface area contributed by atoms with Crippen LogP contribution in [0.5, 0.6) is 5.75 Å². The second-order valence-corrected chi connectivity index (χ2v) is 6.24. The van der Waals surface area contributed by atoms with Gasteiger partial charge in [-0.1, -0.05) is 35.7 Å². The Balaban J connectivity index is 1.77. The highest BCUT2D eigenvalue weighted by molar-refractivity contribution is 5.88. The lowest BCUT2D eigenvalue weighted by Gasteiger charge is -2.20. The smallest absolute Gasteiger partial charge is 0.228 e. The molecule has 3 aromatic rings. The number of rotatable bonds is 6. The summed E-state index contributed by atoms with van der Waals surface area (Å²) in [6.07, 6.45) is 7.33. The Bertz CT molecular complexity index is 948. The zero-order valence-electron chi connectivity index (χ0n) is 15.0. The summed E-state index contributed by atoms with van der Waals surface area (Å²) in [5.41, 5.74) is 3.79. The van der Waals surface area contributed by atoms with Crippen LogP contribution in [0.25, 0.3) is 11.0 Å². The summed E-state index contributed by atoms with van der Waals surface area (Å²) < 4.78 is 10.8. The van der Waals surface area contributed by atoms with E-state index in [1.807, 2.05) is 49.4 Å². The van der Waals surface area contributed by atoms with Crippen LogP contribution in [-0.4, -0.2) is 24.5 Å². The maximum absolute atomic E-state index is 12.8. The summed E-state index contributed by atoms with van der Waals surface area (Å²) in [4.78, 5) is 14.5. The van der Waals surface area contributed by atoms with Crippen LogP contribution in [0.4, 0.5) is 0 Å². The molecule has 2 aromatic carbocycles. The summed E-state index contributed by atoms with van der Waals surface area (Å²) in [6.45, 7) is 2.80. The molecule has 0 bridgehead atoms. The fourth-order valence-corrected chi connectivity index (χ4v) is 2.86. The van der Waals surface area contributed by atoms with Gasteiger partial charge in [-0.3, -0.25) is 4.79 Å². The second kappa shape index (κ2) is 7.79. The zero-order chi connectivity index (χ0) is 18.5. The van der Waals surface area contributed by atoms with Crippen LogP contribution in [0.2, 0.25) is 0 Å². The molecule has 0 atom stereocenters. The van der Waals surface area contributed by atoms with E-state index in [9.17, 15) is 4.79 Å². The van der Waals surface area contributed by atoms with Crippen molar-refractivity contribution in [2.75, 3.05) is 13.7 Å². The number of carbonyl (C=O) groups is 1. The quantitative estimate of drug-likeness (QED) is 0.634. The molecule has 4 heteroatoms. The minimum Gasteiger partial charge on any atom is -0.497 e. The molecule has 0 unspecified atom stereocenters. The van der Waals surface area contributed by atoms with Crippen molar-refractivity contribution in [3.8, 4) is 18.1 Å². The number of methoxy groups -OCH3 is 1. The van der Waals surface area contributed by atoms with Gasteiger partial charge in [0.2, 0.25) is 5.91 Å². The van der Waals surface area contributed by atoms with Crippen LogP contribution in [0.15, 0.2) is 53.1 Å². The molecule has 0 aliphatic heterocycles. The summed E-state index contributed by atoms with van der Waals surface area (Å²) in [6, 6.07) is 13.7. The maximum atomic E-state index is 12.8. The van der Waals surface area contributed by atoms with E-state index in [-0.39, 0.29) is 18.9 Å². The van der Waals surface area contributed by atoms with Crippen molar-refractivity contribution in [1.29, 1.82) is 0 Å². The number of terminal acetylenes is 1. The van der Waals surface area contributed by atoms with E-state index < -0.39 is 0 Å². The number of fused-ring (bicyclic) bond motifs is 1. The van der Waals surface area contributed by atoms with E-state index in [4.69, 9.17) is 15.6 Å². The Labute approximate surface area is 153 Å². The molecule has 0 fully saturated rings. The molecule has 1 amide bonds. The fraction of sp³-hybridized carbons (Fsp3) is 0.227. The fourth-order valence-electron chi connectivity index (χ4n) is 2.86. The molecule has 3 rings (SSSR count). The number of carbonyl (C=O) groups excluding carboxylic acids is 1. The molecule has 1 heterocycles. The van der Waals surface area contributed by atoms with E-state index in [2.05, 4.69) is 5.92 Å². The first-order valence-electron chi connectivity index (χ1n) is 8.41. The number of hydrogen-bond donors (Lipinski definition) is 0. The monoisotopic (exact) mass is 347 g/mol. The molecule has 132 valence electrons. The number of benzene rings is 2. The average molecular weight is 347 g/mol. The Morgan fingerprint density at radius 1 is 1.23 bits per heavy atom. The van der Waals surface area contributed by atoms with Crippen molar-refractivity contribution in [3.63, 3.8) is 0 Å². The third-order valence-corrected chi connectivity index (χ3v) is 4.33. The number of aryl methyl sites for hydroxylation is 1. The van der Waals surface area contributed by atoms with Crippen LogP contribution in [0.3, 0.4) is 0 Å². The lowest BCUT2D eigenvalue weighted by atomic mass is 10.1. The first kappa shape index (κ1) is 17.6. The highest BCUT2D eigenvalue weighted by Gasteiger charge is 2.17. The molecule has 0 aliphatic carbocycles. The first-order valence-corrected chi connectivity index (χ1v) is 8.41. The summed E-state index contributed by atoms with van der Waals surface area (Å²) >= 11 is 0. The van der Waals surface area contributed by atoms with Crippen LogP contribution in [-0.2, 0) is 17.8 Å². The highest BCUT2D eigenvalue weighted by Crippen LogP contribution is 2.26. The van der Waals surface area contributed by atoms with Gasteiger partial charge < -0.3 is 14.1 Å². The Kier molecular flexibility index (Phi) is 5.28. The van der Waals surface area contributed by atoms with Gasteiger partial charge in [-0.25, -0.2) is 0 Å². The molecule has 0 spiro atoms. The summed E-state index contributed by atoms with van der Waals surface area (Å²) in [5.74, 6) is 3.27. The van der Waals surface area contributed by atoms with Crippen LogP contribution < -0.4 is 4.74 Å². The molecule has 0 aliphatic rings. The van der Waals surface area contributed by atoms with Crippen LogP contribution in [0.1, 0.15) is 16.7 Å². The third kappa shape index (κ3) is 3.89. The number of hydrogen-bond acceptors (Lipinski definition) is 3. The second-order valence-electron chi connectivity index (χ2n) is 6.24. The van der Waals surface area contributed by atoms with Crippen molar-refractivity contribution in [3.05, 3.63) is 65.4 Å². The normalized spacial score (nSPS) is 10.5. The standard InChI is InChI=1S/C22H21NO3/c1-4-11-23(14-17-7-5-16(2)6-8-17)22(24)12-18-15-26-21-13-19(25-3)9-10-20(18)21/h1,5-10,13,15H,11-12,14H2,2-3H3. The van der Waals surface area contributed by atoms with Crippen molar-refractivity contribution < 1.29 is 13.9 Å². The number of ether oxygens (including phenoxy) is 1. The summed E-state index contributed by atoms with van der Waals surface area (Å²) in [7, 11) is 1.61. The SMILES string of the molecule is C#CCN(Cc1ccc(C)cc1)C(=O)Cc1coc2cc(OC)ccc12. The van der Waals surface area contributed by atoms with Gasteiger partial charge in [-0.05, 0) is 24.6 Å². The van der Waals surface area contributed by atoms with E-state index in [1.54, 1.807) is 18.3 Å². The van der Waals surface area contributed by atoms with Gasteiger partial charge >= 0.3 is 0 Å². The number of furan rings is 1. The Hall–Kier alpha value is -3.19. The molecule has 0 radical (unpaired) electrons. The predicted octanol–water partition coefficient (Wildman–Crippen LogP) is 3.95. The van der Waals surface area contributed by atoms with E-state index in [1.165, 1.54) is 5.56 Å². The van der Waals surface area contributed by atoms with Crippen molar-refractivity contribution in [2.45, 2.75) is 19.9 Å². The molecular formula is C22H21NO3. The summed E-state index contributed by atoms with van der Waals surface area (Å²) in [5, 5.41) is 0.912. The van der Waals surface area contributed by atoms with Gasteiger partial charge in [-0.15, -0.1) is 6.42 Å². The van der Waals surface area contributed by atoms with Gasteiger partial charge in [0.1, 0.15) is 11.3 Å². The predicted molar refractivity (Wildman–Crippen MR) is 102 cm³/mol. The lowest BCUT2D eigenvalue weighted by Crippen LogP contribution is -2.32. The van der Waals surface area contributed by atoms with Gasteiger partial charge in [-0.2, -0.15) is 0 Å². The molecule has 0 saturated carbocycles. The van der Waals surface area contributed by atoms with Crippen molar-refractivity contribution >= 4 is 16.9 Å². The first-order chi connectivity index (χ1) is 12.6. The molecule has 0 N–H and O–H groups in total. The number of nitrogens with zero attached hydrogens (tertiary/aromatic N) is 1. The van der Waals surface area contributed by atoms with Crippen molar-refractivity contribution in [2.24, 2.45) is 0 Å². The minimum absolute atomic E-state index is 0.0259. The van der Waals surface area contributed by atoms with Crippen LogP contribution in [0, 0.1) is 19.3 Å². The zero-order valence-corrected chi connectivity index (χ0v) is 15.0. The van der Waals surface area contributed by atoms with E-state index in [0.717, 1.165) is 22.3 Å². The average Bonchev–Trinajstić information content (AvgIpc) is 3.05. The topological polar surface area (TPSA) is 42.7 Å². The third-order valence-electron chi connectivity index (χ3n) is 4.33. The van der Waals surface area contributed by atoms with Gasteiger partial charge in [0.25, 0.3) is 0 Å². The van der Waals surface area contributed by atoms with Crippen molar-refractivity contribution in [1.82, 2.24) is 4.90 Å². The Morgan fingerprint density at radius 3 is 2.69 bits per heavy atom. The van der Waals surface area contributed by atoms with Gasteiger partial charge in [0.15, 0.2) is 0 Å². The van der Waals surface area contributed by atoms with E-state index in [0.29, 0.717) is 12.1 Å². The molecule has 0 saturated heterocycles. The highest BCUT2D eigenvalue weighted by atomic mass is 16.5. The number of amides is 1. The minimum atomic E-state index is -0.0259. The molecule has 26 heavy (non-hydrogen) atoms. The van der Waals surface area contributed by atoms with Gasteiger partial charge in [0, 0.05) is 23.6 Å². The lowest BCUT2D eigenvalue weighted by molar-refractivity contribution is -0.130. The van der Waals surface area contributed by atoms with E-state index >= 15 is 0 Å². The molecule has 1 aromatic heterocycles. The van der Waals surface area contributed by atoms with Crippen LogP contribution >= 0.6 is 0 Å².